The molecule has 0 aliphatic heterocycles. The third kappa shape index (κ3) is 3.27. The third-order valence-corrected chi connectivity index (χ3v) is 5.73. The molecule has 0 amide bonds. The normalized spacial score (nSPS) is 11.5. The van der Waals surface area contributed by atoms with Gasteiger partial charge in [-0.05, 0) is 36.2 Å². The number of benzene rings is 2. The highest BCUT2D eigenvalue weighted by atomic mass is 32.1. The summed E-state index contributed by atoms with van der Waals surface area (Å²) in [4.78, 5) is 30.1. The number of phenolic OH excluding ortho intramolecular Hbond substituents is 1. The molecule has 0 radical (unpaired) electrons. The molecule has 0 saturated carbocycles. The lowest BCUT2D eigenvalue weighted by molar-refractivity contribution is 0.0531. The fourth-order valence-electron chi connectivity index (χ4n) is 3.13. The van der Waals surface area contributed by atoms with Gasteiger partial charge in [0.2, 0.25) is 0 Å². The van der Waals surface area contributed by atoms with Crippen LogP contribution in [0.15, 0.2) is 52.6 Å². The molecule has 8 heteroatoms. The summed E-state index contributed by atoms with van der Waals surface area (Å²) in [5.41, 5.74) is 0.637. The predicted octanol–water partition coefficient (Wildman–Crippen LogP) is 3.68. The topological polar surface area (TPSA) is 93.8 Å². The predicted molar refractivity (Wildman–Crippen MR) is 113 cm³/mol. The van der Waals surface area contributed by atoms with E-state index in [-0.39, 0.29) is 12.4 Å². The van der Waals surface area contributed by atoms with Gasteiger partial charge in [0.1, 0.15) is 21.8 Å². The molecule has 4 rings (SSSR count). The molecule has 2 aromatic carbocycles. The number of thiophene rings is 1. The number of aryl methyl sites for hydroxylation is 1. The van der Waals surface area contributed by atoms with Crippen LogP contribution in [0.5, 0.6) is 5.75 Å². The van der Waals surface area contributed by atoms with Crippen LogP contribution < -0.4 is 5.56 Å². The third-order valence-electron chi connectivity index (χ3n) is 4.55. The van der Waals surface area contributed by atoms with E-state index in [1.54, 1.807) is 19.9 Å². The van der Waals surface area contributed by atoms with Crippen LogP contribution in [-0.4, -0.2) is 33.6 Å². The maximum absolute atomic E-state index is 12.9. The zero-order chi connectivity index (χ0) is 20.5. The number of aromatic nitrogens is 2. The minimum absolute atomic E-state index is 0.0610. The van der Waals surface area contributed by atoms with Crippen molar-refractivity contribution in [1.29, 1.82) is 0 Å². The van der Waals surface area contributed by atoms with Crippen molar-refractivity contribution in [2.75, 3.05) is 6.61 Å². The Morgan fingerprint density at radius 3 is 2.90 bits per heavy atom. The van der Waals surface area contributed by atoms with Crippen LogP contribution in [0, 0.1) is 6.92 Å². The Kier molecular flexibility index (Phi) is 4.85. The number of aromatic hydroxyl groups is 1. The first-order valence-corrected chi connectivity index (χ1v) is 9.76. The van der Waals surface area contributed by atoms with E-state index in [0.717, 1.165) is 26.8 Å². The number of esters is 1. The summed E-state index contributed by atoms with van der Waals surface area (Å²) in [5.74, 6) is -0.408. The van der Waals surface area contributed by atoms with Crippen molar-refractivity contribution in [3.8, 4) is 5.75 Å². The molecule has 0 aliphatic rings. The standard InChI is InChI=1S/C21H17N3O4S/c1-3-28-21(27)18-12(2)17-19(29-18)22-11-24(20(17)26)23-10-15-14-7-5-4-6-13(14)8-9-16(15)25/h4-11,25H,3H2,1-2H3/b23-10-. The van der Waals surface area contributed by atoms with E-state index in [0.29, 0.717) is 26.2 Å². The van der Waals surface area contributed by atoms with Crippen LogP contribution in [0.1, 0.15) is 27.7 Å². The van der Waals surface area contributed by atoms with Crippen molar-refractivity contribution in [3.63, 3.8) is 0 Å². The van der Waals surface area contributed by atoms with Gasteiger partial charge in [-0.15, -0.1) is 11.3 Å². The Morgan fingerprint density at radius 1 is 1.31 bits per heavy atom. The molecule has 29 heavy (non-hydrogen) atoms. The highest BCUT2D eigenvalue weighted by molar-refractivity contribution is 7.20. The lowest BCUT2D eigenvalue weighted by atomic mass is 10.0. The Morgan fingerprint density at radius 2 is 2.10 bits per heavy atom. The SMILES string of the molecule is CCOC(=O)c1sc2ncn(/N=C\c3c(O)ccc4ccccc34)c(=O)c2c1C. The molecule has 0 aliphatic carbocycles. The van der Waals surface area contributed by atoms with Gasteiger partial charge in [0, 0.05) is 5.56 Å². The summed E-state index contributed by atoms with van der Waals surface area (Å²) >= 11 is 1.12. The average molecular weight is 407 g/mol. The number of hydrogen-bond acceptors (Lipinski definition) is 7. The minimum atomic E-state index is -0.469. The molecule has 4 aromatic rings. The second kappa shape index (κ2) is 7.48. The number of hydrogen-bond donors (Lipinski definition) is 1. The van der Waals surface area contributed by atoms with Crippen LogP contribution >= 0.6 is 11.3 Å². The van der Waals surface area contributed by atoms with Gasteiger partial charge in [-0.1, -0.05) is 30.3 Å². The molecule has 1 N–H and O–H groups in total. The highest BCUT2D eigenvalue weighted by Crippen LogP contribution is 2.28. The van der Waals surface area contributed by atoms with Crippen LogP contribution in [0.4, 0.5) is 0 Å². The van der Waals surface area contributed by atoms with Gasteiger partial charge >= 0.3 is 5.97 Å². The van der Waals surface area contributed by atoms with Crippen LogP contribution in [0.25, 0.3) is 21.0 Å². The average Bonchev–Trinajstić information content (AvgIpc) is 3.06. The zero-order valence-corrected chi connectivity index (χ0v) is 16.6. The van der Waals surface area contributed by atoms with E-state index in [4.69, 9.17) is 4.74 Å². The fourth-order valence-corrected chi connectivity index (χ4v) is 4.16. The Balaban J connectivity index is 1.81. The van der Waals surface area contributed by atoms with Gasteiger partial charge in [0.15, 0.2) is 0 Å². The maximum Gasteiger partial charge on any atom is 0.348 e. The highest BCUT2D eigenvalue weighted by Gasteiger charge is 2.20. The minimum Gasteiger partial charge on any atom is -0.507 e. The first kappa shape index (κ1) is 18.8. The summed E-state index contributed by atoms with van der Waals surface area (Å²) in [5, 5.41) is 16.5. The summed E-state index contributed by atoms with van der Waals surface area (Å²) < 4.78 is 6.14. The second-order valence-corrected chi connectivity index (χ2v) is 7.31. The van der Waals surface area contributed by atoms with Crippen LogP contribution in [0.3, 0.4) is 0 Å². The first-order valence-electron chi connectivity index (χ1n) is 8.94. The molecule has 7 nitrogen and oxygen atoms in total. The van der Waals surface area contributed by atoms with Crippen LogP contribution in [0.2, 0.25) is 0 Å². The van der Waals surface area contributed by atoms with E-state index >= 15 is 0 Å². The van der Waals surface area contributed by atoms with Crippen molar-refractivity contribution in [3.05, 3.63) is 69.1 Å². The molecule has 0 saturated heterocycles. The number of nitrogens with zero attached hydrogens (tertiary/aromatic N) is 3. The maximum atomic E-state index is 12.9. The van der Waals surface area contributed by atoms with Gasteiger partial charge < -0.3 is 9.84 Å². The van der Waals surface area contributed by atoms with E-state index in [1.807, 2.05) is 30.3 Å². The molecule has 2 aromatic heterocycles. The Bertz CT molecular complexity index is 1340. The number of ether oxygens (including phenoxy) is 1. The van der Waals surface area contributed by atoms with Crippen LogP contribution in [-0.2, 0) is 4.74 Å². The number of rotatable bonds is 4. The van der Waals surface area contributed by atoms with E-state index in [9.17, 15) is 14.7 Å². The molecule has 0 spiro atoms. The molecule has 0 bridgehead atoms. The lowest BCUT2D eigenvalue weighted by Gasteiger charge is -2.05. The van der Waals surface area contributed by atoms with Gasteiger partial charge in [-0.25, -0.2) is 9.78 Å². The first-order chi connectivity index (χ1) is 14.0. The van der Waals surface area contributed by atoms with Crippen molar-refractivity contribution >= 4 is 44.5 Å². The number of fused-ring (bicyclic) bond motifs is 2. The number of carbonyl (C=O) groups is 1. The monoisotopic (exact) mass is 407 g/mol. The van der Waals surface area contributed by atoms with E-state index < -0.39 is 11.5 Å². The van der Waals surface area contributed by atoms with Crippen molar-refractivity contribution in [2.24, 2.45) is 5.10 Å². The molecule has 0 unspecified atom stereocenters. The molecule has 146 valence electrons. The molecule has 2 heterocycles. The smallest absolute Gasteiger partial charge is 0.348 e. The number of carbonyl (C=O) groups excluding carboxylic acids is 1. The quantitative estimate of drug-likeness (QED) is 0.411. The Hall–Kier alpha value is -3.52. The van der Waals surface area contributed by atoms with Gasteiger partial charge in [-0.2, -0.15) is 9.78 Å². The molecule has 0 fully saturated rings. The number of phenols is 1. The van der Waals surface area contributed by atoms with Gasteiger partial charge in [0.05, 0.1) is 18.2 Å². The van der Waals surface area contributed by atoms with E-state index in [1.165, 1.54) is 12.5 Å². The summed E-state index contributed by atoms with van der Waals surface area (Å²) in [6, 6.07) is 11.0. The van der Waals surface area contributed by atoms with E-state index in [2.05, 4.69) is 10.1 Å². The fraction of sp³-hybridized carbons (Fsp3) is 0.143. The lowest BCUT2D eigenvalue weighted by Crippen LogP contribution is -2.17. The Labute approximate surface area is 169 Å². The molecular formula is C21H17N3O4S. The summed E-state index contributed by atoms with van der Waals surface area (Å²) in [7, 11) is 0. The largest absolute Gasteiger partial charge is 0.507 e. The van der Waals surface area contributed by atoms with Crippen molar-refractivity contribution in [1.82, 2.24) is 9.66 Å². The summed E-state index contributed by atoms with van der Waals surface area (Å²) in [6.07, 6.45) is 2.73. The van der Waals surface area contributed by atoms with Crippen molar-refractivity contribution in [2.45, 2.75) is 13.8 Å². The van der Waals surface area contributed by atoms with Crippen molar-refractivity contribution < 1.29 is 14.6 Å². The van der Waals surface area contributed by atoms with Gasteiger partial charge in [0.25, 0.3) is 5.56 Å². The summed E-state index contributed by atoms with van der Waals surface area (Å²) in [6.45, 7) is 3.67. The second-order valence-electron chi connectivity index (χ2n) is 6.32. The molecule has 0 atom stereocenters. The molecular weight excluding hydrogens is 390 g/mol. The van der Waals surface area contributed by atoms with Gasteiger partial charge in [-0.3, -0.25) is 4.79 Å². The zero-order valence-electron chi connectivity index (χ0n) is 15.7.